The highest BCUT2D eigenvalue weighted by molar-refractivity contribution is 6.31. The molecule has 0 fully saturated rings. The Morgan fingerprint density at radius 1 is 1.00 bits per heavy atom. The minimum Gasteiger partial charge on any atom is -0.457 e. The average molecular weight is 420 g/mol. The summed E-state index contributed by atoms with van der Waals surface area (Å²) in [5.74, 6) is 1.32. The molecule has 2 aromatic carbocycles. The van der Waals surface area contributed by atoms with Crippen LogP contribution < -0.4 is 4.74 Å². The lowest BCUT2D eigenvalue weighted by Crippen LogP contribution is -2.46. The number of ether oxygens (including phenoxy) is 2. The van der Waals surface area contributed by atoms with Gasteiger partial charge in [-0.3, -0.25) is 0 Å². The highest BCUT2D eigenvalue weighted by atomic mass is 35.5. The minimum absolute atomic E-state index is 0.268. The van der Waals surface area contributed by atoms with Gasteiger partial charge in [0, 0.05) is 23.9 Å². The molecule has 7 heteroatoms. The smallest absolute Gasteiger partial charge is 0.128 e. The molecular weight excluding hydrogens is 397 g/mol. The molecule has 148 valence electrons. The Kier molecular flexibility index (Phi) is 5.98. The maximum absolute atomic E-state index is 6.70. The van der Waals surface area contributed by atoms with Gasteiger partial charge in [0.1, 0.15) is 17.1 Å². The van der Waals surface area contributed by atoms with E-state index >= 15 is 0 Å². The fourth-order valence-electron chi connectivity index (χ4n) is 3.28. The van der Waals surface area contributed by atoms with Gasteiger partial charge in [-0.2, -0.15) is 0 Å². The Morgan fingerprint density at radius 3 is 2.21 bits per heavy atom. The molecule has 0 bridgehead atoms. The molecule has 1 heterocycles. The zero-order chi connectivity index (χ0) is 20.4. The predicted molar refractivity (Wildman–Crippen MR) is 111 cm³/mol. The second-order valence-corrected chi connectivity index (χ2v) is 8.42. The van der Waals surface area contributed by atoms with Gasteiger partial charge in [0.2, 0.25) is 0 Å². The molecule has 0 aliphatic heterocycles. The quantitative estimate of drug-likeness (QED) is 0.493. The van der Waals surface area contributed by atoms with E-state index in [2.05, 4.69) is 31.1 Å². The van der Waals surface area contributed by atoms with Gasteiger partial charge in [-0.1, -0.05) is 55.3 Å². The number of halogens is 2. The zero-order valence-corrected chi connectivity index (χ0v) is 17.8. The third kappa shape index (κ3) is 4.17. The van der Waals surface area contributed by atoms with E-state index in [0.717, 1.165) is 5.56 Å². The zero-order valence-electron chi connectivity index (χ0n) is 16.3. The van der Waals surface area contributed by atoms with Gasteiger partial charge in [-0.25, -0.2) is 4.68 Å². The number of hydrogen-bond donors (Lipinski definition) is 0. The van der Waals surface area contributed by atoms with Crippen molar-refractivity contribution in [1.82, 2.24) is 15.0 Å². The first kappa shape index (κ1) is 20.6. The molecule has 1 atom stereocenters. The van der Waals surface area contributed by atoms with Crippen molar-refractivity contribution < 1.29 is 9.47 Å². The Labute approximate surface area is 175 Å². The molecule has 5 nitrogen and oxygen atoms in total. The van der Waals surface area contributed by atoms with Crippen molar-refractivity contribution in [2.24, 2.45) is 5.41 Å². The molecular formula is C21H23Cl2N3O2. The van der Waals surface area contributed by atoms with E-state index in [1.165, 1.54) is 0 Å². The van der Waals surface area contributed by atoms with Crippen molar-refractivity contribution in [1.29, 1.82) is 0 Å². The maximum Gasteiger partial charge on any atom is 0.128 e. The summed E-state index contributed by atoms with van der Waals surface area (Å²) in [6, 6.07) is 12.8. The van der Waals surface area contributed by atoms with E-state index in [9.17, 15) is 0 Å². The molecule has 0 aliphatic rings. The Balaban J connectivity index is 1.97. The van der Waals surface area contributed by atoms with Crippen LogP contribution in [0.3, 0.4) is 0 Å². The Bertz CT molecular complexity index is 922. The molecule has 0 aliphatic carbocycles. The number of aromatic nitrogens is 3. The summed E-state index contributed by atoms with van der Waals surface area (Å²) in [7, 11) is 1.69. The third-order valence-electron chi connectivity index (χ3n) is 4.84. The molecule has 0 saturated carbocycles. The van der Waals surface area contributed by atoms with Crippen molar-refractivity contribution >= 4 is 23.2 Å². The lowest BCUT2D eigenvalue weighted by Gasteiger charge is -2.44. The summed E-state index contributed by atoms with van der Waals surface area (Å²) in [5, 5.41) is 9.22. The van der Waals surface area contributed by atoms with Gasteiger partial charge in [-0.15, -0.1) is 5.10 Å². The van der Waals surface area contributed by atoms with E-state index < -0.39 is 5.60 Å². The van der Waals surface area contributed by atoms with Crippen LogP contribution in [0.2, 0.25) is 10.0 Å². The summed E-state index contributed by atoms with van der Waals surface area (Å²) in [6.07, 6.45) is 3.46. The second kappa shape index (κ2) is 8.11. The average Bonchev–Trinajstić information content (AvgIpc) is 3.14. The van der Waals surface area contributed by atoms with E-state index in [1.54, 1.807) is 36.2 Å². The minimum atomic E-state index is -0.712. The van der Waals surface area contributed by atoms with Crippen LogP contribution in [0.5, 0.6) is 11.5 Å². The van der Waals surface area contributed by atoms with Gasteiger partial charge < -0.3 is 9.47 Å². The largest absolute Gasteiger partial charge is 0.457 e. The first-order valence-corrected chi connectivity index (χ1v) is 9.63. The van der Waals surface area contributed by atoms with Crippen LogP contribution >= 0.6 is 23.2 Å². The van der Waals surface area contributed by atoms with Crippen LogP contribution in [0.1, 0.15) is 26.3 Å². The van der Waals surface area contributed by atoms with Crippen LogP contribution in [-0.2, 0) is 16.9 Å². The topological polar surface area (TPSA) is 49.2 Å². The summed E-state index contributed by atoms with van der Waals surface area (Å²) in [4.78, 5) is 0. The van der Waals surface area contributed by atoms with Crippen molar-refractivity contribution in [3.05, 3.63) is 70.5 Å². The van der Waals surface area contributed by atoms with Crippen molar-refractivity contribution in [3.63, 3.8) is 0 Å². The summed E-state index contributed by atoms with van der Waals surface area (Å²) >= 11 is 12.6. The van der Waals surface area contributed by atoms with Crippen molar-refractivity contribution in [3.8, 4) is 11.5 Å². The monoisotopic (exact) mass is 419 g/mol. The molecule has 0 amide bonds. The predicted octanol–water partition coefficient (Wildman–Crippen LogP) is 5.97. The molecule has 3 aromatic rings. The fourth-order valence-corrected chi connectivity index (χ4v) is 3.73. The van der Waals surface area contributed by atoms with E-state index in [4.69, 9.17) is 32.7 Å². The van der Waals surface area contributed by atoms with E-state index in [1.807, 2.05) is 30.5 Å². The Morgan fingerprint density at radius 2 is 1.68 bits per heavy atom. The van der Waals surface area contributed by atoms with Crippen molar-refractivity contribution in [2.45, 2.75) is 32.9 Å². The van der Waals surface area contributed by atoms with Crippen LogP contribution in [0.25, 0.3) is 0 Å². The van der Waals surface area contributed by atoms with Gasteiger partial charge in [0.25, 0.3) is 0 Å². The lowest BCUT2D eigenvalue weighted by molar-refractivity contribution is -0.113. The summed E-state index contributed by atoms with van der Waals surface area (Å²) in [5.41, 5.74) is -0.116. The molecule has 0 spiro atoms. The third-order valence-corrected chi connectivity index (χ3v) is 5.41. The summed E-state index contributed by atoms with van der Waals surface area (Å²) < 4.78 is 13.7. The number of benzene rings is 2. The highest BCUT2D eigenvalue weighted by Crippen LogP contribution is 2.47. The van der Waals surface area contributed by atoms with E-state index in [0.29, 0.717) is 28.1 Å². The van der Waals surface area contributed by atoms with Crippen LogP contribution in [0, 0.1) is 5.41 Å². The normalized spacial score (nSPS) is 13.9. The number of rotatable bonds is 6. The first-order valence-electron chi connectivity index (χ1n) is 8.88. The highest BCUT2D eigenvalue weighted by Gasteiger charge is 2.46. The molecule has 1 aromatic heterocycles. The van der Waals surface area contributed by atoms with Crippen molar-refractivity contribution in [2.75, 3.05) is 7.11 Å². The molecule has 0 saturated heterocycles. The first-order chi connectivity index (χ1) is 13.2. The van der Waals surface area contributed by atoms with E-state index in [-0.39, 0.29) is 5.41 Å². The Hall–Kier alpha value is -2.08. The standard InChI is InChI=1S/C21H23Cl2N3O2/c1-20(2,3)21(27-4,14-26-12-11-24-25-26)18-10-9-17(13-19(18)23)28-16-7-5-15(22)6-8-16/h5-13H,14H2,1-4H3. The maximum atomic E-state index is 6.70. The lowest BCUT2D eigenvalue weighted by atomic mass is 9.71. The second-order valence-electron chi connectivity index (χ2n) is 7.58. The summed E-state index contributed by atoms with van der Waals surface area (Å²) in [6.45, 7) is 6.82. The van der Waals surface area contributed by atoms with Crippen LogP contribution in [0.15, 0.2) is 54.9 Å². The van der Waals surface area contributed by atoms with Crippen LogP contribution in [0.4, 0.5) is 0 Å². The number of hydrogen-bond acceptors (Lipinski definition) is 4. The van der Waals surface area contributed by atoms with Crippen LogP contribution in [-0.4, -0.2) is 22.1 Å². The van der Waals surface area contributed by atoms with Gasteiger partial charge in [-0.05, 0) is 41.8 Å². The fraction of sp³-hybridized carbons (Fsp3) is 0.333. The van der Waals surface area contributed by atoms with Gasteiger partial charge in [0.15, 0.2) is 0 Å². The SMILES string of the molecule is COC(Cn1ccnn1)(c1ccc(Oc2ccc(Cl)cc2)cc1Cl)C(C)(C)C. The van der Waals surface area contributed by atoms with Gasteiger partial charge >= 0.3 is 0 Å². The number of nitrogens with zero attached hydrogens (tertiary/aromatic N) is 3. The molecule has 0 radical (unpaired) electrons. The molecule has 1 unspecified atom stereocenters. The molecule has 0 N–H and O–H groups in total. The molecule has 28 heavy (non-hydrogen) atoms. The number of methoxy groups -OCH3 is 1. The van der Waals surface area contributed by atoms with Gasteiger partial charge in [0.05, 0.1) is 17.8 Å². The molecule has 3 rings (SSSR count).